The summed E-state index contributed by atoms with van der Waals surface area (Å²) in [6.07, 6.45) is 5.09. The number of hydrogen-bond acceptors (Lipinski definition) is 5. The average molecular weight is 286 g/mol. The average Bonchev–Trinajstić information content (AvgIpc) is 2.54. The molecule has 0 bridgehead atoms. The molecule has 0 saturated carbocycles. The highest BCUT2D eigenvalue weighted by Gasteiger charge is 2.06. The van der Waals surface area contributed by atoms with Crippen molar-refractivity contribution in [2.45, 2.75) is 6.54 Å². The first-order valence-electron chi connectivity index (χ1n) is 6.65. The van der Waals surface area contributed by atoms with Crippen molar-refractivity contribution >= 4 is 11.7 Å². The van der Waals surface area contributed by atoms with Gasteiger partial charge in [0.2, 0.25) is 0 Å². The van der Waals surface area contributed by atoms with E-state index >= 15 is 0 Å². The van der Waals surface area contributed by atoms with Gasteiger partial charge in [0, 0.05) is 44.4 Å². The summed E-state index contributed by atoms with van der Waals surface area (Å²) >= 11 is 0. The van der Waals surface area contributed by atoms with Crippen molar-refractivity contribution in [1.82, 2.24) is 15.3 Å². The number of rotatable bonds is 7. The van der Waals surface area contributed by atoms with Crippen LogP contribution in [0.4, 0.5) is 5.82 Å². The summed E-state index contributed by atoms with van der Waals surface area (Å²) in [4.78, 5) is 20.1. The molecule has 2 heterocycles. The van der Waals surface area contributed by atoms with Crippen LogP contribution in [0.3, 0.4) is 0 Å². The Kier molecular flexibility index (Phi) is 5.66. The van der Waals surface area contributed by atoms with Crippen LogP contribution in [0.5, 0.6) is 0 Å². The fraction of sp³-hybridized carbons (Fsp3) is 0.267. The van der Waals surface area contributed by atoms with E-state index < -0.39 is 0 Å². The summed E-state index contributed by atoms with van der Waals surface area (Å²) in [5, 5.41) is 5.95. The lowest BCUT2D eigenvalue weighted by atomic mass is 10.2. The SMILES string of the molecule is COCCNC(=O)c1ccnc(NCc2ccncc2)c1. The van der Waals surface area contributed by atoms with E-state index in [4.69, 9.17) is 4.74 Å². The fourth-order valence-electron chi connectivity index (χ4n) is 1.73. The Hall–Kier alpha value is -2.47. The van der Waals surface area contributed by atoms with Gasteiger partial charge in [-0.15, -0.1) is 0 Å². The van der Waals surface area contributed by atoms with Crippen molar-refractivity contribution in [1.29, 1.82) is 0 Å². The summed E-state index contributed by atoms with van der Waals surface area (Å²) in [7, 11) is 1.60. The van der Waals surface area contributed by atoms with E-state index in [1.807, 2.05) is 12.1 Å². The van der Waals surface area contributed by atoms with E-state index in [0.29, 0.717) is 31.1 Å². The number of anilines is 1. The first kappa shape index (κ1) is 14.9. The van der Waals surface area contributed by atoms with Gasteiger partial charge < -0.3 is 15.4 Å². The molecule has 21 heavy (non-hydrogen) atoms. The van der Waals surface area contributed by atoms with Crippen molar-refractivity contribution in [3.63, 3.8) is 0 Å². The minimum absolute atomic E-state index is 0.138. The van der Waals surface area contributed by atoms with Crippen LogP contribution in [0.25, 0.3) is 0 Å². The van der Waals surface area contributed by atoms with Crippen molar-refractivity contribution in [2.75, 3.05) is 25.6 Å². The minimum atomic E-state index is -0.138. The van der Waals surface area contributed by atoms with Gasteiger partial charge >= 0.3 is 0 Å². The highest BCUT2D eigenvalue weighted by Crippen LogP contribution is 2.08. The number of methoxy groups -OCH3 is 1. The summed E-state index contributed by atoms with van der Waals surface area (Å²) in [5.74, 6) is 0.521. The van der Waals surface area contributed by atoms with Crippen LogP contribution in [-0.2, 0) is 11.3 Å². The van der Waals surface area contributed by atoms with Gasteiger partial charge in [-0.2, -0.15) is 0 Å². The number of aromatic nitrogens is 2. The number of carbonyl (C=O) groups is 1. The first-order chi connectivity index (χ1) is 10.3. The largest absolute Gasteiger partial charge is 0.383 e. The number of ether oxygens (including phenoxy) is 1. The molecule has 0 saturated heterocycles. The lowest BCUT2D eigenvalue weighted by Gasteiger charge is -2.08. The molecule has 0 aliphatic rings. The molecule has 0 aliphatic carbocycles. The molecule has 110 valence electrons. The molecule has 6 nitrogen and oxygen atoms in total. The lowest BCUT2D eigenvalue weighted by Crippen LogP contribution is -2.27. The van der Waals surface area contributed by atoms with E-state index in [-0.39, 0.29) is 5.91 Å². The monoisotopic (exact) mass is 286 g/mol. The molecule has 6 heteroatoms. The number of carbonyl (C=O) groups excluding carboxylic acids is 1. The van der Waals surface area contributed by atoms with Crippen molar-refractivity contribution < 1.29 is 9.53 Å². The predicted octanol–water partition coefficient (Wildman–Crippen LogP) is 1.46. The molecule has 0 atom stereocenters. The van der Waals surface area contributed by atoms with Crippen LogP contribution in [0, 0.1) is 0 Å². The third-order valence-electron chi connectivity index (χ3n) is 2.84. The zero-order valence-corrected chi connectivity index (χ0v) is 11.9. The van der Waals surface area contributed by atoms with Gasteiger partial charge in [0.15, 0.2) is 0 Å². The highest BCUT2D eigenvalue weighted by atomic mass is 16.5. The molecule has 1 amide bonds. The number of amides is 1. The highest BCUT2D eigenvalue weighted by molar-refractivity contribution is 5.94. The van der Waals surface area contributed by atoms with Crippen molar-refractivity contribution in [2.24, 2.45) is 0 Å². The number of nitrogens with zero attached hydrogens (tertiary/aromatic N) is 2. The molecule has 0 radical (unpaired) electrons. The Morgan fingerprint density at radius 2 is 2.05 bits per heavy atom. The van der Waals surface area contributed by atoms with Crippen molar-refractivity contribution in [3.05, 3.63) is 54.0 Å². The standard InChI is InChI=1S/C15H18N4O2/c1-21-9-8-18-15(20)13-4-7-17-14(10-13)19-11-12-2-5-16-6-3-12/h2-7,10H,8-9,11H2,1H3,(H,17,19)(H,18,20). The molecule has 0 spiro atoms. The molecule has 0 unspecified atom stereocenters. The second-order valence-corrected chi connectivity index (χ2v) is 4.39. The molecule has 2 rings (SSSR count). The van der Waals surface area contributed by atoms with Crippen LogP contribution >= 0.6 is 0 Å². The normalized spacial score (nSPS) is 10.1. The Balaban J connectivity index is 1.92. The topological polar surface area (TPSA) is 76.1 Å². The maximum absolute atomic E-state index is 11.9. The Labute approximate surface area is 123 Å². The number of hydrogen-bond donors (Lipinski definition) is 2. The molecule has 2 aromatic rings. The molecular weight excluding hydrogens is 268 g/mol. The van der Waals surface area contributed by atoms with Crippen LogP contribution in [-0.4, -0.2) is 36.1 Å². The van der Waals surface area contributed by atoms with E-state index in [1.54, 1.807) is 37.8 Å². The second-order valence-electron chi connectivity index (χ2n) is 4.39. The molecular formula is C15H18N4O2. The first-order valence-corrected chi connectivity index (χ1v) is 6.65. The van der Waals surface area contributed by atoms with Gasteiger partial charge in [-0.3, -0.25) is 9.78 Å². The van der Waals surface area contributed by atoms with Crippen LogP contribution in [0.15, 0.2) is 42.9 Å². The quantitative estimate of drug-likeness (QED) is 0.754. The maximum Gasteiger partial charge on any atom is 0.251 e. The van der Waals surface area contributed by atoms with Gasteiger partial charge in [-0.1, -0.05) is 0 Å². The third kappa shape index (κ3) is 4.85. The van der Waals surface area contributed by atoms with Crippen LogP contribution < -0.4 is 10.6 Å². The molecule has 0 aromatic carbocycles. The Morgan fingerprint density at radius 1 is 1.24 bits per heavy atom. The van der Waals surface area contributed by atoms with E-state index in [1.165, 1.54) is 0 Å². The second kappa shape index (κ2) is 7.96. The van der Waals surface area contributed by atoms with Crippen LogP contribution in [0.2, 0.25) is 0 Å². The zero-order valence-electron chi connectivity index (χ0n) is 11.9. The molecule has 0 fully saturated rings. The predicted molar refractivity (Wildman–Crippen MR) is 80.0 cm³/mol. The summed E-state index contributed by atoms with van der Waals surface area (Å²) in [6, 6.07) is 7.26. The van der Waals surface area contributed by atoms with E-state index in [2.05, 4.69) is 20.6 Å². The summed E-state index contributed by atoms with van der Waals surface area (Å²) < 4.78 is 4.89. The number of pyridine rings is 2. The summed E-state index contributed by atoms with van der Waals surface area (Å²) in [5.41, 5.74) is 1.67. The zero-order chi connectivity index (χ0) is 14.9. The van der Waals surface area contributed by atoms with Gasteiger partial charge in [-0.05, 0) is 29.8 Å². The van der Waals surface area contributed by atoms with E-state index in [9.17, 15) is 4.79 Å². The molecule has 2 N–H and O–H groups in total. The third-order valence-corrected chi connectivity index (χ3v) is 2.84. The minimum Gasteiger partial charge on any atom is -0.383 e. The maximum atomic E-state index is 11.9. The fourth-order valence-corrected chi connectivity index (χ4v) is 1.73. The van der Waals surface area contributed by atoms with Gasteiger partial charge in [-0.25, -0.2) is 4.98 Å². The van der Waals surface area contributed by atoms with Gasteiger partial charge in [0.25, 0.3) is 5.91 Å². The Morgan fingerprint density at radius 3 is 2.81 bits per heavy atom. The van der Waals surface area contributed by atoms with Crippen LogP contribution in [0.1, 0.15) is 15.9 Å². The smallest absolute Gasteiger partial charge is 0.251 e. The molecule has 2 aromatic heterocycles. The van der Waals surface area contributed by atoms with Crippen molar-refractivity contribution in [3.8, 4) is 0 Å². The van der Waals surface area contributed by atoms with Gasteiger partial charge in [0.1, 0.15) is 5.82 Å². The summed E-state index contributed by atoms with van der Waals surface area (Å²) in [6.45, 7) is 1.60. The van der Waals surface area contributed by atoms with Gasteiger partial charge in [0.05, 0.1) is 6.61 Å². The number of nitrogens with one attached hydrogen (secondary N) is 2. The molecule has 0 aliphatic heterocycles. The lowest BCUT2D eigenvalue weighted by molar-refractivity contribution is 0.0937. The Bertz CT molecular complexity index is 575. The van der Waals surface area contributed by atoms with E-state index in [0.717, 1.165) is 5.56 Å².